The highest BCUT2D eigenvalue weighted by Gasteiger charge is 2.26. The van der Waals surface area contributed by atoms with Crippen LogP contribution in [-0.4, -0.2) is 65.2 Å². The van der Waals surface area contributed by atoms with E-state index in [0.717, 1.165) is 36.8 Å². The van der Waals surface area contributed by atoms with Gasteiger partial charge in [-0.05, 0) is 99.2 Å². The van der Waals surface area contributed by atoms with Crippen molar-refractivity contribution < 1.29 is 33.1 Å². The Bertz CT molecular complexity index is 2890. The average Bonchev–Trinajstić information content (AvgIpc) is 4.16. The number of nitrogens with zero attached hydrogens (tertiary/aromatic N) is 6. The Hall–Kier alpha value is -8.34. The van der Waals surface area contributed by atoms with E-state index in [1.807, 2.05) is 26.0 Å². The maximum Gasteiger partial charge on any atom is 0.253 e. The van der Waals surface area contributed by atoms with Crippen LogP contribution < -0.4 is 31.6 Å². The summed E-state index contributed by atoms with van der Waals surface area (Å²) in [5, 5.41) is 22.0. The number of nitrogen functional groups attached to an aromatic ring is 2. The third kappa shape index (κ3) is 9.58. The lowest BCUT2D eigenvalue weighted by molar-refractivity contribution is 0.0942. The first-order valence-electron chi connectivity index (χ1n) is 20.4. The number of aryl methyl sites for hydroxylation is 2. The van der Waals surface area contributed by atoms with Gasteiger partial charge in [-0.1, -0.05) is 43.0 Å². The fourth-order valence-corrected chi connectivity index (χ4v) is 6.65. The molecule has 2 aliphatic carbocycles. The van der Waals surface area contributed by atoms with Gasteiger partial charge in [-0.25, -0.2) is 9.36 Å². The first kappa shape index (κ1) is 42.4. The highest BCUT2D eigenvalue weighted by Crippen LogP contribution is 2.28. The number of rotatable bonds is 15. The van der Waals surface area contributed by atoms with Gasteiger partial charge in [-0.15, -0.1) is 10.2 Å². The molecule has 0 atom stereocenters. The monoisotopic (exact) mass is 860 g/mol. The van der Waals surface area contributed by atoms with Crippen LogP contribution in [-0.2, 0) is 6.61 Å². The van der Waals surface area contributed by atoms with Gasteiger partial charge in [0.2, 0.25) is 6.39 Å². The Morgan fingerprint density at radius 2 is 1.22 bits per heavy atom. The summed E-state index contributed by atoms with van der Waals surface area (Å²) in [5.41, 5.74) is 18.1. The third-order valence-corrected chi connectivity index (χ3v) is 10.5. The predicted molar refractivity (Wildman–Crippen MR) is 236 cm³/mol. The van der Waals surface area contributed by atoms with Gasteiger partial charge in [-0.3, -0.25) is 19.2 Å². The van der Waals surface area contributed by atoms with Gasteiger partial charge in [0.25, 0.3) is 17.7 Å². The smallest absolute Gasteiger partial charge is 0.253 e. The second kappa shape index (κ2) is 18.3. The number of amides is 2. The van der Waals surface area contributed by atoms with Crippen LogP contribution in [0.15, 0.2) is 121 Å². The molecule has 64 heavy (non-hydrogen) atoms. The number of carbonyl (C=O) groups excluding carboxylic acids is 4. The maximum atomic E-state index is 13.2. The van der Waals surface area contributed by atoms with Crippen LogP contribution in [0.3, 0.4) is 0 Å². The molecule has 4 aromatic carbocycles. The van der Waals surface area contributed by atoms with Gasteiger partial charge in [0.1, 0.15) is 23.1 Å². The summed E-state index contributed by atoms with van der Waals surface area (Å²) < 4.78 is 18.9. The molecular formula is C47H44N10O7. The van der Waals surface area contributed by atoms with E-state index in [1.54, 1.807) is 72.8 Å². The number of hydrogen-bond acceptors (Lipinski definition) is 13. The van der Waals surface area contributed by atoms with Crippen LogP contribution in [0.5, 0.6) is 11.5 Å². The molecule has 7 aromatic rings. The second-order valence-corrected chi connectivity index (χ2v) is 15.3. The van der Waals surface area contributed by atoms with Gasteiger partial charge in [0.05, 0.1) is 41.2 Å². The molecule has 9 rings (SSSR count). The molecule has 0 unspecified atom stereocenters. The fourth-order valence-electron chi connectivity index (χ4n) is 6.65. The van der Waals surface area contributed by atoms with Gasteiger partial charge >= 0.3 is 0 Å². The van der Waals surface area contributed by atoms with Crippen LogP contribution in [0.25, 0.3) is 11.4 Å². The van der Waals surface area contributed by atoms with Gasteiger partial charge in [-0.2, -0.15) is 10.2 Å². The molecule has 17 heteroatoms. The molecule has 0 radical (unpaired) electrons. The van der Waals surface area contributed by atoms with E-state index in [0.29, 0.717) is 51.0 Å². The molecule has 2 aliphatic rings. The van der Waals surface area contributed by atoms with Crippen molar-refractivity contribution in [2.45, 2.75) is 58.2 Å². The van der Waals surface area contributed by atoms with Crippen molar-refractivity contribution in [3.8, 4) is 22.9 Å². The number of aromatic nitrogens is 6. The molecule has 0 aliphatic heterocycles. The third-order valence-electron chi connectivity index (χ3n) is 10.5. The quantitative estimate of drug-likeness (QED) is 0.0659. The van der Waals surface area contributed by atoms with Crippen LogP contribution in [0.2, 0.25) is 0 Å². The van der Waals surface area contributed by atoms with Crippen molar-refractivity contribution >= 4 is 35.0 Å². The van der Waals surface area contributed by atoms with E-state index in [-0.39, 0.29) is 64.8 Å². The summed E-state index contributed by atoms with van der Waals surface area (Å²) in [5.74, 6) is 0.865. The molecule has 2 saturated carbocycles. The van der Waals surface area contributed by atoms with E-state index < -0.39 is 0 Å². The van der Waals surface area contributed by atoms with Crippen molar-refractivity contribution in [3.63, 3.8) is 0 Å². The molecule has 0 saturated heterocycles. The van der Waals surface area contributed by atoms with Crippen LogP contribution in [0.4, 0.5) is 11.6 Å². The van der Waals surface area contributed by atoms with Crippen molar-refractivity contribution in [1.29, 1.82) is 0 Å². The maximum absolute atomic E-state index is 13.2. The molecule has 6 N–H and O–H groups in total. The van der Waals surface area contributed by atoms with Crippen molar-refractivity contribution in [2.24, 2.45) is 0 Å². The lowest BCUT2D eigenvalue weighted by atomic mass is 10.1. The minimum Gasteiger partial charge on any atom is -0.484 e. The zero-order valence-electron chi connectivity index (χ0n) is 35.0. The van der Waals surface area contributed by atoms with Crippen LogP contribution in [0, 0.1) is 13.8 Å². The minimum atomic E-state index is -0.299. The predicted octanol–water partition coefficient (Wildman–Crippen LogP) is 6.26. The van der Waals surface area contributed by atoms with Gasteiger partial charge < -0.3 is 36.0 Å². The second-order valence-electron chi connectivity index (χ2n) is 15.3. The van der Waals surface area contributed by atoms with Gasteiger partial charge in [0, 0.05) is 34.3 Å². The number of nitrogens with one attached hydrogen (secondary N) is 2. The lowest BCUT2D eigenvalue weighted by Crippen LogP contribution is -2.25. The molecule has 324 valence electrons. The lowest BCUT2D eigenvalue weighted by Gasteiger charge is -2.11. The normalized spacial score (nSPS) is 13.0. The minimum absolute atomic E-state index is 0.0850. The molecule has 3 heterocycles. The van der Waals surface area contributed by atoms with Crippen molar-refractivity contribution in [1.82, 2.24) is 40.4 Å². The summed E-state index contributed by atoms with van der Waals surface area (Å²) in [4.78, 5) is 51.1. The molecular weight excluding hydrogens is 817 g/mol. The number of hydrogen-bond donors (Lipinski definition) is 4. The standard InChI is InChI=1S/C24H22N6O4.C23H22N4O3/c1-14-5-6-16(24(32)28-17-7-8-17)10-20(14)30-23(25)19(11-27-30)22(31)15-3-2-4-18(9-15)33-12-21-29-26-13-34-21;1-3-30-18-6-4-5-15(11-18)21(28)19-13-25-27(22(19)24)20-12-16(8-7-14(20)2)23(29)26-17-9-10-17/h2-6,9-11,13,17H,7-8,12,25H2,1H3,(H,28,32);3-8,11-13,17H,1,9-10,24H2,2H3,(H,26,29). The largest absolute Gasteiger partial charge is 0.484 e. The van der Waals surface area contributed by atoms with E-state index in [2.05, 4.69) is 37.6 Å². The summed E-state index contributed by atoms with van der Waals surface area (Å²) in [6.07, 6.45) is 9.43. The number of benzene rings is 4. The Labute approximate surface area is 367 Å². The Kier molecular flexibility index (Phi) is 12.1. The molecule has 17 nitrogen and oxygen atoms in total. The topological polar surface area (TPSA) is 237 Å². The molecule has 2 fully saturated rings. The molecule has 3 aromatic heterocycles. The van der Waals surface area contributed by atoms with E-state index in [1.165, 1.54) is 34.4 Å². The van der Waals surface area contributed by atoms with Crippen molar-refractivity contribution in [3.05, 3.63) is 167 Å². The van der Waals surface area contributed by atoms with Crippen LogP contribution >= 0.6 is 0 Å². The number of nitrogens with two attached hydrogens (primary N) is 2. The average molecular weight is 861 g/mol. The van der Waals surface area contributed by atoms with Gasteiger partial charge in [0.15, 0.2) is 18.2 Å². The zero-order chi connectivity index (χ0) is 44.9. The number of carbonyl (C=O) groups is 4. The van der Waals surface area contributed by atoms with E-state index >= 15 is 0 Å². The molecule has 0 bridgehead atoms. The Balaban J connectivity index is 0.000000176. The van der Waals surface area contributed by atoms with E-state index in [9.17, 15) is 19.2 Å². The Morgan fingerprint density at radius 1 is 0.719 bits per heavy atom. The SMILES string of the molecule is C=COc1cccc(C(=O)c2cnn(-c3cc(C(=O)NC4CC4)ccc3C)c2N)c1.Cc1ccc(C(=O)NC2CC2)cc1-n1ncc(C(=O)c2cccc(OCc3nnco3)c2)c1N. The number of ketones is 2. The first-order valence-corrected chi connectivity index (χ1v) is 20.4. The molecule has 0 spiro atoms. The summed E-state index contributed by atoms with van der Waals surface area (Å²) >= 11 is 0. The highest BCUT2D eigenvalue weighted by atomic mass is 16.5. The summed E-state index contributed by atoms with van der Waals surface area (Å²) in [6, 6.07) is 24.7. The Morgan fingerprint density at radius 3 is 1.69 bits per heavy atom. The zero-order valence-corrected chi connectivity index (χ0v) is 35.0. The summed E-state index contributed by atoms with van der Waals surface area (Å²) in [7, 11) is 0. The fraction of sp³-hybridized carbons (Fsp3) is 0.191. The van der Waals surface area contributed by atoms with Crippen LogP contribution in [0.1, 0.15) is 95.3 Å². The number of anilines is 2. The van der Waals surface area contributed by atoms with E-state index in [4.69, 9.17) is 25.4 Å². The first-order chi connectivity index (χ1) is 31.0. The summed E-state index contributed by atoms with van der Waals surface area (Å²) in [6.45, 7) is 7.40. The molecule has 2 amide bonds. The van der Waals surface area contributed by atoms with Crippen molar-refractivity contribution in [2.75, 3.05) is 11.5 Å². The number of ether oxygens (including phenoxy) is 2. The highest BCUT2D eigenvalue weighted by molar-refractivity contribution is 6.12.